The fraction of sp³-hybridized carbons (Fsp3) is 0.700. The van der Waals surface area contributed by atoms with Gasteiger partial charge in [-0.1, -0.05) is 12.7 Å². The van der Waals surface area contributed by atoms with Gasteiger partial charge in [0.15, 0.2) is 0 Å². The maximum absolute atomic E-state index is 9.29. The molecule has 92 valence electrons. The molecule has 0 bridgehead atoms. The largest absolute Gasteiger partial charge is 0.464 e. The first-order valence-electron chi connectivity index (χ1n) is 4.70. The highest BCUT2D eigenvalue weighted by atomic mass is 16.5. The Morgan fingerprint density at radius 2 is 1.67 bits per heavy atom. The monoisotopic (exact) mass is 222 g/mol. The molecule has 0 aromatic heterocycles. The van der Waals surface area contributed by atoms with Crippen molar-refractivity contribution in [1.82, 2.24) is 0 Å². The molecule has 0 radical (unpaired) electrons. The van der Waals surface area contributed by atoms with Crippen molar-refractivity contribution < 1.29 is 24.5 Å². The zero-order valence-electron chi connectivity index (χ0n) is 9.52. The molecule has 0 spiro atoms. The van der Waals surface area contributed by atoms with E-state index in [0.717, 1.165) is 13.2 Å². The SMILES string of the molecule is C=CCOC=O.CCOCC.OCCO. The Morgan fingerprint density at radius 3 is 1.73 bits per heavy atom. The van der Waals surface area contributed by atoms with Crippen molar-refractivity contribution in [2.45, 2.75) is 13.8 Å². The van der Waals surface area contributed by atoms with Crippen molar-refractivity contribution >= 4 is 6.47 Å². The predicted molar refractivity (Wildman–Crippen MR) is 58.6 cm³/mol. The van der Waals surface area contributed by atoms with Crippen molar-refractivity contribution in [3.05, 3.63) is 12.7 Å². The van der Waals surface area contributed by atoms with Crippen LogP contribution >= 0.6 is 0 Å². The van der Waals surface area contributed by atoms with E-state index in [9.17, 15) is 4.79 Å². The number of ether oxygens (including phenoxy) is 2. The van der Waals surface area contributed by atoms with Crippen LogP contribution < -0.4 is 0 Å². The van der Waals surface area contributed by atoms with Crippen LogP contribution in [-0.4, -0.2) is 49.7 Å². The third-order valence-electron chi connectivity index (χ3n) is 0.790. The Bertz CT molecular complexity index is 94.0. The normalized spacial score (nSPS) is 7.47. The van der Waals surface area contributed by atoms with Gasteiger partial charge in [-0.2, -0.15) is 0 Å². The van der Waals surface area contributed by atoms with Crippen LogP contribution in [0.5, 0.6) is 0 Å². The standard InChI is InChI=1S/C4H6O2.C4H10O.C2H6O2/c1-2-3-6-4-5;1-3-5-4-2;3-1-2-4/h2,4H,1,3H2;3-4H2,1-2H3;3-4H,1-2H2. The van der Waals surface area contributed by atoms with Gasteiger partial charge >= 0.3 is 0 Å². The van der Waals surface area contributed by atoms with E-state index in [1.807, 2.05) is 13.8 Å². The summed E-state index contributed by atoms with van der Waals surface area (Å²) in [5.41, 5.74) is 0. The van der Waals surface area contributed by atoms with Crippen LogP contribution in [0.1, 0.15) is 13.8 Å². The van der Waals surface area contributed by atoms with Gasteiger partial charge in [0.1, 0.15) is 6.61 Å². The highest BCUT2D eigenvalue weighted by molar-refractivity contribution is 5.37. The lowest BCUT2D eigenvalue weighted by molar-refractivity contribution is -0.127. The van der Waals surface area contributed by atoms with Gasteiger partial charge in [0.05, 0.1) is 13.2 Å². The first-order valence-corrected chi connectivity index (χ1v) is 4.70. The predicted octanol–water partition coefficient (Wildman–Crippen LogP) is 0.359. The van der Waals surface area contributed by atoms with Gasteiger partial charge in [0.2, 0.25) is 0 Å². The van der Waals surface area contributed by atoms with E-state index < -0.39 is 0 Å². The Kier molecular flexibility index (Phi) is 38.3. The number of carbonyl (C=O) groups excluding carboxylic acids is 1. The van der Waals surface area contributed by atoms with Crippen LogP contribution in [-0.2, 0) is 14.3 Å². The summed E-state index contributed by atoms with van der Waals surface area (Å²) in [6.45, 7) is 9.43. The van der Waals surface area contributed by atoms with E-state index in [0.29, 0.717) is 13.1 Å². The summed E-state index contributed by atoms with van der Waals surface area (Å²) in [6, 6.07) is 0. The fourth-order valence-corrected chi connectivity index (χ4v) is 0.311. The Labute approximate surface area is 91.3 Å². The third kappa shape index (κ3) is 62.1. The second-order valence-electron chi connectivity index (χ2n) is 1.95. The Balaban J connectivity index is -0.000000147. The average Bonchev–Trinajstić information content (AvgIpc) is 2.28. The van der Waals surface area contributed by atoms with Gasteiger partial charge < -0.3 is 19.7 Å². The molecule has 0 aromatic rings. The average molecular weight is 222 g/mol. The molecule has 0 aliphatic carbocycles. The molecule has 0 aromatic carbocycles. The van der Waals surface area contributed by atoms with E-state index in [1.165, 1.54) is 6.08 Å². The van der Waals surface area contributed by atoms with Crippen LogP contribution in [0.15, 0.2) is 12.7 Å². The third-order valence-corrected chi connectivity index (χ3v) is 0.790. The molecule has 15 heavy (non-hydrogen) atoms. The molecule has 0 aliphatic rings. The van der Waals surface area contributed by atoms with E-state index in [1.54, 1.807) is 0 Å². The van der Waals surface area contributed by atoms with Gasteiger partial charge in [-0.3, -0.25) is 4.79 Å². The van der Waals surface area contributed by atoms with Crippen molar-refractivity contribution in [2.24, 2.45) is 0 Å². The summed E-state index contributed by atoms with van der Waals surface area (Å²) in [7, 11) is 0. The summed E-state index contributed by atoms with van der Waals surface area (Å²) in [4.78, 5) is 9.29. The highest BCUT2D eigenvalue weighted by Gasteiger charge is 1.65. The lowest BCUT2D eigenvalue weighted by atomic mass is 10.7. The molecule has 0 heterocycles. The zero-order valence-corrected chi connectivity index (χ0v) is 9.52. The molecule has 0 rings (SSSR count). The van der Waals surface area contributed by atoms with Gasteiger partial charge in [-0.05, 0) is 13.8 Å². The number of rotatable bonds is 6. The Hall–Kier alpha value is -0.910. The number of aliphatic hydroxyl groups is 2. The van der Waals surface area contributed by atoms with Gasteiger partial charge in [-0.15, -0.1) is 0 Å². The maximum Gasteiger partial charge on any atom is 0.293 e. The minimum absolute atomic E-state index is 0.125. The molecular formula is C10H22O5. The lowest BCUT2D eigenvalue weighted by Crippen LogP contribution is -1.85. The minimum atomic E-state index is -0.125. The van der Waals surface area contributed by atoms with Gasteiger partial charge in [-0.25, -0.2) is 0 Å². The summed E-state index contributed by atoms with van der Waals surface area (Å²) < 4.78 is 9.02. The topological polar surface area (TPSA) is 76.0 Å². The van der Waals surface area contributed by atoms with Crippen molar-refractivity contribution in [3.8, 4) is 0 Å². The second kappa shape index (κ2) is 29.2. The molecule has 5 heteroatoms. The van der Waals surface area contributed by atoms with Gasteiger partial charge in [0.25, 0.3) is 6.47 Å². The summed E-state index contributed by atoms with van der Waals surface area (Å²) in [6.07, 6.45) is 1.51. The van der Waals surface area contributed by atoms with Crippen LogP contribution in [0.4, 0.5) is 0 Å². The van der Waals surface area contributed by atoms with Crippen molar-refractivity contribution in [1.29, 1.82) is 0 Å². The first-order chi connectivity index (χ1) is 7.24. The maximum atomic E-state index is 9.29. The number of carbonyl (C=O) groups is 1. The summed E-state index contributed by atoms with van der Waals surface area (Å²) >= 11 is 0. The molecule has 2 N–H and O–H groups in total. The zero-order chi connectivity index (χ0) is 12.4. The minimum Gasteiger partial charge on any atom is -0.464 e. The number of aliphatic hydroxyl groups excluding tert-OH is 2. The molecule has 0 fully saturated rings. The highest BCUT2D eigenvalue weighted by Crippen LogP contribution is 1.64. The summed E-state index contributed by atoms with van der Waals surface area (Å²) in [5.74, 6) is 0. The molecule has 0 saturated heterocycles. The smallest absolute Gasteiger partial charge is 0.293 e. The van der Waals surface area contributed by atoms with Gasteiger partial charge in [0, 0.05) is 13.2 Å². The molecule has 0 saturated carbocycles. The molecule has 5 nitrogen and oxygen atoms in total. The number of hydrogen-bond acceptors (Lipinski definition) is 5. The van der Waals surface area contributed by atoms with Crippen LogP contribution in [0.25, 0.3) is 0 Å². The summed E-state index contributed by atoms with van der Waals surface area (Å²) in [5, 5.41) is 15.2. The molecule has 0 atom stereocenters. The van der Waals surface area contributed by atoms with Crippen molar-refractivity contribution in [3.63, 3.8) is 0 Å². The fourth-order valence-electron chi connectivity index (χ4n) is 0.311. The van der Waals surface area contributed by atoms with E-state index in [-0.39, 0.29) is 13.2 Å². The Morgan fingerprint density at radius 1 is 1.20 bits per heavy atom. The van der Waals surface area contributed by atoms with Crippen molar-refractivity contribution in [2.75, 3.05) is 33.0 Å². The quantitative estimate of drug-likeness (QED) is 0.385. The van der Waals surface area contributed by atoms with E-state index >= 15 is 0 Å². The first kappa shape index (κ1) is 19.6. The lowest BCUT2D eigenvalue weighted by Gasteiger charge is -1.86. The van der Waals surface area contributed by atoms with E-state index in [2.05, 4.69) is 11.3 Å². The number of hydrogen-bond donors (Lipinski definition) is 2. The van der Waals surface area contributed by atoms with E-state index in [4.69, 9.17) is 14.9 Å². The molecular weight excluding hydrogens is 200 g/mol. The second-order valence-corrected chi connectivity index (χ2v) is 1.95. The van der Waals surface area contributed by atoms with Crippen LogP contribution in [0.2, 0.25) is 0 Å². The molecule has 0 aliphatic heterocycles. The van der Waals surface area contributed by atoms with Crippen LogP contribution in [0.3, 0.4) is 0 Å². The molecule has 0 unspecified atom stereocenters. The van der Waals surface area contributed by atoms with Crippen LogP contribution in [0, 0.1) is 0 Å². The molecule has 0 amide bonds.